The van der Waals surface area contributed by atoms with E-state index in [1.165, 1.54) is 24.4 Å². The molecule has 0 aliphatic heterocycles. The van der Waals surface area contributed by atoms with Crippen molar-refractivity contribution in [2.45, 2.75) is 13.5 Å². The van der Waals surface area contributed by atoms with Crippen molar-refractivity contribution in [3.8, 4) is 0 Å². The molecule has 3 aromatic rings. The maximum absolute atomic E-state index is 12.0. The van der Waals surface area contributed by atoms with Gasteiger partial charge in [-0.15, -0.1) is 0 Å². The van der Waals surface area contributed by atoms with Gasteiger partial charge in [-0.3, -0.25) is 14.4 Å². The van der Waals surface area contributed by atoms with Crippen molar-refractivity contribution < 1.29 is 18.8 Å². The molecule has 0 unspecified atom stereocenters. The van der Waals surface area contributed by atoms with Crippen LogP contribution in [-0.4, -0.2) is 23.9 Å². The Hall–Kier alpha value is -3.62. The standard InChI is InChI=1S/C22H18Cl2N4O4/c1-13-2-4-14(5-3-13)20(29)28-26-12-17-8-7-16(32-17)11-25-21(30)22(31)27-15-6-9-18(23)19(24)10-15/h2-10,12H,11H2,1H3,(H,25,30)(H,27,31)(H,28,29)/b26-12-. The minimum Gasteiger partial charge on any atom is -0.458 e. The SMILES string of the molecule is Cc1ccc(C(=O)N/N=C\c2ccc(CNC(=O)C(=O)Nc3ccc(Cl)c(Cl)c3)o2)cc1. The molecule has 32 heavy (non-hydrogen) atoms. The molecular weight excluding hydrogens is 455 g/mol. The summed E-state index contributed by atoms with van der Waals surface area (Å²) in [5.41, 5.74) is 4.27. The third kappa shape index (κ3) is 6.44. The lowest BCUT2D eigenvalue weighted by molar-refractivity contribution is -0.136. The maximum atomic E-state index is 12.0. The number of hydrogen-bond acceptors (Lipinski definition) is 5. The number of carbonyl (C=O) groups excluding carboxylic acids is 3. The molecule has 0 aliphatic carbocycles. The first-order valence-corrected chi connectivity index (χ1v) is 10.1. The van der Waals surface area contributed by atoms with Crippen molar-refractivity contribution in [2.75, 3.05) is 5.32 Å². The lowest BCUT2D eigenvalue weighted by atomic mass is 10.1. The molecule has 3 rings (SSSR count). The van der Waals surface area contributed by atoms with E-state index >= 15 is 0 Å². The highest BCUT2D eigenvalue weighted by molar-refractivity contribution is 6.42. The summed E-state index contributed by atoms with van der Waals surface area (Å²) in [4.78, 5) is 36.0. The van der Waals surface area contributed by atoms with Gasteiger partial charge in [0, 0.05) is 11.3 Å². The van der Waals surface area contributed by atoms with Gasteiger partial charge in [0.25, 0.3) is 5.91 Å². The van der Waals surface area contributed by atoms with Gasteiger partial charge in [0.05, 0.1) is 22.8 Å². The zero-order valence-electron chi connectivity index (χ0n) is 16.8. The number of anilines is 1. The summed E-state index contributed by atoms with van der Waals surface area (Å²) in [5, 5.41) is 9.30. The molecule has 0 spiro atoms. The third-order valence-corrected chi connectivity index (χ3v) is 4.90. The fourth-order valence-corrected chi connectivity index (χ4v) is 2.79. The van der Waals surface area contributed by atoms with Crippen LogP contribution < -0.4 is 16.1 Å². The molecule has 0 saturated carbocycles. The number of furan rings is 1. The summed E-state index contributed by atoms with van der Waals surface area (Å²) >= 11 is 11.7. The molecule has 0 aliphatic rings. The molecule has 0 bridgehead atoms. The summed E-state index contributed by atoms with van der Waals surface area (Å²) in [6.45, 7) is 1.91. The van der Waals surface area contributed by atoms with Crippen LogP contribution in [0.5, 0.6) is 0 Å². The summed E-state index contributed by atoms with van der Waals surface area (Å²) in [6.07, 6.45) is 1.33. The average molecular weight is 473 g/mol. The van der Waals surface area contributed by atoms with Crippen LogP contribution in [0.25, 0.3) is 0 Å². The van der Waals surface area contributed by atoms with Gasteiger partial charge in [0.15, 0.2) is 0 Å². The van der Waals surface area contributed by atoms with E-state index in [9.17, 15) is 14.4 Å². The van der Waals surface area contributed by atoms with Crippen molar-refractivity contribution in [1.29, 1.82) is 0 Å². The van der Waals surface area contributed by atoms with Gasteiger partial charge in [-0.1, -0.05) is 40.9 Å². The zero-order valence-corrected chi connectivity index (χ0v) is 18.3. The number of amides is 3. The Bertz CT molecular complexity index is 1170. The van der Waals surface area contributed by atoms with E-state index in [-0.39, 0.29) is 17.5 Å². The number of halogens is 2. The minimum atomic E-state index is -0.865. The Morgan fingerprint density at radius 2 is 1.72 bits per heavy atom. The van der Waals surface area contributed by atoms with Crippen molar-refractivity contribution in [3.63, 3.8) is 0 Å². The Labute approximate surface area is 193 Å². The number of hydrogen-bond donors (Lipinski definition) is 3. The number of rotatable bonds is 6. The van der Waals surface area contributed by atoms with Gasteiger partial charge in [-0.2, -0.15) is 5.10 Å². The number of aryl methyl sites for hydroxylation is 1. The zero-order chi connectivity index (χ0) is 23.1. The highest BCUT2D eigenvalue weighted by Crippen LogP contribution is 2.24. The quantitative estimate of drug-likeness (QED) is 0.286. The van der Waals surface area contributed by atoms with Crippen LogP contribution in [0.4, 0.5) is 5.69 Å². The first-order chi connectivity index (χ1) is 15.3. The van der Waals surface area contributed by atoms with Crippen LogP contribution in [0.1, 0.15) is 27.4 Å². The number of carbonyl (C=O) groups is 3. The van der Waals surface area contributed by atoms with E-state index in [1.54, 1.807) is 24.3 Å². The summed E-state index contributed by atoms with van der Waals surface area (Å²) < 4.78 is 5.49. The van der Waals surface area contributed by atoms with Crippen LogP contribution in [-0.2, 0) is 16.1 Å². The summed E-state index contributed by atoms with van der Waals surface area (Å²) in [5.74, 6) is -1.32. The second kappa shape index (κ2) is 10.6. The number of nitrogens with zero attached hydrogens (tertiary/aromatic N) is 1. The van der Waals surface area contributed by atoms with Gasteiger partial charge in [0.1, 0.15) is 11.5 Å². The first kappa shape index (κ1) is 23.1. The molecular formula is C22H18Cl2N4O4. The molecule has 0 fully saturated rings. The fraction of sp³-hybridized carbons (Fsp3) is 0.0909. The molecule has 3 N–H and O–H groups in total. The second-order valence-electron chi connectivity index (χ2n) is 6.63. The van der Waals surface area contributed by atoms with E-state index in [0.29, 0.717) is 27.8 Å². The normalized spacial score (nSPS) is 10.7. The van der Waals surface area contributed by atoms with Gasteiger partial charge >= 0.3 is 11.8 Å². The van der Waals surface area contributed by atoms with Crippen molar-refractivity contribution in [1.82, 2.24) is 10.7 Å². The highest BCUT2D eigenvalue weighted by Gasteiger charge is 2.15. The van der Waals surface area contributed by atoms with Crippen molar-refractivity contribution >= 4 is 52.8 Å². The minimum absolute atomic E-state index is 0.0167. The van der Waals surface area contributed by atoms with Gasteiger partial charge in [0.2, 0.25) is 0 Å². The largest absolute Gasteiger partial charge is 0.458 e. The third-order valence-electron chi connectivity index (χ3n) is 4.16. The maximum Gasteiger partial charge on any atom is 0.313 e. The molecule has 164 valence electrons. The van der Waals surface area contributed by atoms with Crippen LogP contribution in [0, 0.1) is 6.92 Å². The molecule has 2 aromatic carbocycles. The number of hydrazone groups is 1. The predicted molar refractivity (Wildman–Crippen MR) is 122 cm³/mol. The fourth-order valence-electron chi connectivity index (χ4n) is 2.49. The Kier molecular flexibility index (Phi) is 7.64. The van der Waals surface area contributed by atoms with Gasteiger partial charge in [-0.25, -0.2) is 5.43 Å². The Morgan fingerprint density at radius 3 is 2.44 bits per heavy atom. The van der Waals surface area contributed by atoms with Gasteiger partial charge < -0.3 is 15.1 Å². The van der Waals surface area contributed by atoms with E-state index < -0.39 is 11.8 Å². The van der Waals surface area contributed by atoms with Crippen LogP contribution in [0.15, 0.2) is 64.1 Å². The first-order valence-electron chi connectivity index (χ1n) is 9.35. The van der Waals surface area contributed by atoms with Crippen LogP contribution in [0.3, 0.4) is 0 Å². The number of benzene rings is 2. The predicted octanol–water partition coefficient (Wildman–Crippen LogP) is 3.91. The lowest BCUT2D eigenvalue weighted by Gasteiger charge is -2.06. The van der Waals surface area contributed by atoms with E-state index in [0.717, 1.165) is 5.56 Å². The average Bonchev–Trinajstić information content (AvgIpc) is 3.22. The molecule has 0 saturated heterocycles. The molecule has 0 radical (unpaired) electrons. The molecule has 8 nitrogen and oxygen atoms in total. The van der Waals surface area contributed by atoms with E-state index in [1.807, 2.05) is 19.1 Å². The van der Waals surface area contributed by atoms with E-state index in [2.05, 4.69) is 21.2 Å². The van der Waals surface area contributed by atoms with Crippen molar-refractivity contribution in [3.05, 3.63) is 87.3 Å². The highest BCUT2D eigenvalue weighted by atomic mass is 35.5. The number of nitrogens with one attached hydrogen (secondary N) is 3. The molecule has 1 aromatic heterocycles. The Balaban J connectivity index is 1.46. The summed E-state index contributed by atoms with van der Waals surface area (Å²) in [7, 11) is 0. The van der Waals surface area contributed by atoms with E-state index in [4.69, 9.17) is 27.6 Å². The smallest absolute Gasteiger partial charge is 0.313 e. The second-order valence-corrected chi connectivity index (χ2v) is 7.45. The van der Waals surface area contributed by atoms with Crippen molar-refractivity contribution in [2.24, 2.45) is 5.10 Å². The topological polar surface area (TPSA) is 113 Å². The lowest BCUT2D eigenvalue weighted by Crippen LogP contribution is -2.34. The van der Waals surface area contributed by atoms with Crippen LogP contribution >= 0.6 is 23.2 Å². The van der Waals surface area contributed by atoms with Gasteiger partial charge in [-0.05, 0) is 49.4 Å². The molecule has 1 heterocycles. The van der Waals surface area contributed by atoms with Crippen LogP contribution in [0.2, 0.25) is 10.0 Å². The molecule has 3 amide bonds. The monoisotopic (exact) mass is 472 g/mol. The molecule has 0 atom stereocenters. The summed E-state index contributed by atoms with van der Waals surface area (Å²) in [6, 6.07) is 14.7. The Morgan fingerprint density at radius 1 is 0.969 bits per heavy atom. The molecule has 10 heteroatoms.